The van der Waals surface area contributed by atoms with Crippen LogP contribution in [0.3, 0.4) is 0 Å². The molecule has 0 aliphatic carbocycles. The van der Waals surface area contributed by atoms with E-state index in [0.717, 1.165) is 24.3 Å². The van der Waals surface area contributed by atoms with Gasteiger partial charge in [0.15, 0.2) is 5.82 Å². The summed E-state index contributed by atoms with van der Waals surface area (Å²) in [7, 11) is 0. The molecule has 0 unspecified atom stereocenters. The molecule has 1 atom stereocenters. The number of nitrogen functional groups attached to an aromatic ring is 1. The topological polar surface area (TPSA) is 108 Å². The van der Waals surface area contributed by atoms with Crippen LogP contribution >= 0.6 is 0 Å². The summed E-state index contributed by atoms with van der Waals surface area (Å²) in [6.07, 6.45) is 2.75. The Bertz CT molecular complexity index is 971. The predicted octanol–water partition coefficient (Wildman–Crippen LogP) is 1.47. The van der Waals surface area contributed by atoms with E-state index >= 15 is 0 Å². The average Bonchev–Trinajstić information content (AvgIpc) is 3.24. The summed E-state index contributed by atoms with van der Waals surface area (Å²) >= 11 is 0. The zero-order valence-corrected chi connectivity index (χ0v) is 14.6. The fourth-order valence-electron chi connectivity index (χ4n) is 3.08. The lowest BCUT2D eigenvalue weighted by Gasteiger charge is -2.11. The predicted molar refractivity (Wildman–Crippen MR) is 97.3 cm³/mol. The highest BCUT2D eigenvalue weighted by Gasteiger charge is 2.18. The lowest BCUT2D eigenvalue weighted by atomic mass is 10.1. The van der Waals surface area contributed by atoms with Crippen LogP contribution in [0.1, 0.15) is 17.7 Å². The number of imidazole rings is 1. The summed E-state index contributed by atoms with van der Waals surface area (Å²) in [5.74, 6) is 1.02. The highest BCUT2D eigenvalue weighted by Crippen LogP contribution is 2.23. The van der Waals surface area contributed by atoms with Crippen molar-refractivity contribution in [3.63, 3.8) is 0 Å². The molecule has 0 radical (unpaired) electrons. The van der Waals surface area contributed by atoms with Gasteiger partial charge in [-0.15, -0.1) is 0 Å². The van der Waals surface area contributed by atoms with Crippen molar-refractivity contribution < 1.29 is 9.47 Å². The number of ether oxygens (including phenoxy) is 2. The van der Waals surface area contributed by atoms with Gasteiger partial charge in [-0.05, 0) is 25.0 Å². The van der Waals surface area contributed by atoms with Gasteiger partial charge in [0.1, 0.15) is 5.52 Å². The van der Waals surface area contributed by atoms with Crippen LogP contribution in [0.25, 0.3) is 11.0 Å². The van der Waals surface area contributed by atoms with Gasteiger partial charge in [0.25, 0.3) is 0 Å². The van der Waals surface area contributed by atoms with Crippen LogP contribution in [0.5, 0.6) is 5.88 Å². The number of nitrogens with zero attached hydrogens (tertiary/aromatic N) is 3. The number of nitrogens with one attached hydrogen (secondary N) is 1. The van der Waals surface area contributed by atoms with E-state index in [1.807, 2.05) is 19.1 Å². The largest absolute Gasteiger partial charge is 0.477 e. The molecule has 1 fully saturated rings. The molecule has 1 aliphatic rings. The van der Waals surface area contributed by atoms with Gasteiger partial charge in [0, 0.05) is 30.5 Å². The molecule has 0 spiro atoms. The minimum atomic E-state index is -0.240. The van der Waals surface area contributed by atoms with Crippen molar-refractivity contribution in [1.82, 2.24) is 19.5 Å². The zero-order chi connectivity index (χ0) is 18.1. The summed E-state index contributed by atoms with van der Waals surface area (Å²) in [6.45, 7) is 4.31. The van der Waals surface area contributed by atoms with Crippen LogP contribution in [0.2, 0.25) is 0 Å². The normalized spacial score (nSPS) is 17.0. The molecule has 4 heterocycles. The second-order valence-corrected chi connectivity index (χ2v) is 6.60. The first-order chi connectivity index (χ1) is 12.6. The van der Waals surface area contributed by atoms with Gasteiger partial charge in [-0.2, -0.15) is 4.98 Å². The van der Waals surface area contributed by atoms with Gasteiger partial charge in [0.05, 0.1) is 25.3 Å². The Kier molecular flexibility index (Phi) is 4.34. The minimum absolute atomic E-state index is 0.240. The van der Waals surface area contributed by atoms with Crippen molar-refractivity contribution in [3.05, 3.63) is 46.1 Å². The number of aromatic nitrogens is 4. The third kappa shape index (κ3) is 3.28. The van der Waals surface area contributed by atoms with E-state index in [1.165, 1.54) is 0 Å². The molecular weight excluding hydrogens is 334 g/mol. The first-order valence-corrected chi connectivity index (χ1v) is 8.61. The number of hydrogen-bond acceptors (Lipinski definition) is 6. The second-order valence-electron chi connectivity index (χ2n) is 6.60. The number of hydrogen-bond donors (Lipinski definition) is 2. The van der Waals surface area contributed by atoms with E-state index in [0.29, 0.717) is 42.6 Å². The third-order valence-corrected chi connectivity index (χ3v) is 4.58. The Morgan fingerprint density at radius 3 is 3.08 bits per heavy atom. The van der Waals surface area contributed by atoms with Crippen LogP contribution in [-0.4, -0.2) is 39.3 Å². The van der Waals surface area contributed by atoms with E-state index in [2.05, 4.69) is 15.0 Å². The maximum Gasteiger partial charge on any atom is 0.326 e. The molecule has 1 aliphatic heterocycles. The molecule has 26 heavy (non-hydrogen) atoms. The smallest absolute Gasteiger partial charge is 0.326 e. The standard InChI is InChI=1S/C18H21N5O3/c1-11-2-3-12(7-20-11)8-23-14-6-15(26-10-13-4-5-25-9-13)21-17(19)16(14)22-18(23)24/h2-3,6-7,13H,4-5,8-10H2,1H3,(H2,19,21)(H,22,24)/t13-/m0/s1. The second kappa shape index (κ2) is 6.80. The average molecular weight is 355 g/mol. The van der Waals surface area contributed by atoms with Crippen molar-refractivity contribution in [2.45, 2.75) is 19.9 Å². The number of fused-ring (bicyclic) bond motifs is 1. The van der Waals surface area contributed by atoms with E-state index in [1.54, 1.807) is 16.8 Å². The molecular formula is C18H21N5O3. The number of anilines is 1. The molecule has 0 saturated carbocycles. The summed E-state index contributed by atoms with van der Waals surface area (Å²) in [5, 5.41) is 0. The van der Waals surface area contributed by atoms with Crippen molar-refractivity contribution in [2.24, 2.45) is 5.92 Å². The van der Waals surface area contributed by atoms with E-state index < -0.39 is 0 Å². The Labute approximate surface area is 150 Å². The maximum atomic E-state index is 12.4. The number of aryl methyl sites for hydroxylation is 1. The molecule has 8 nitrogen and oxygen atoms in total. The molecule has 4 rings (SSSR count). The molecule has 0 aromatic carbocycles. The van der Waals surface area contributed by atoms with E-state index in [9.17, 15) is 4.79 Å². The molecule has 3 N–H and O–H groups in total. The lowest BCUT2D eigenvalue weighted by molar-refractivity contribution is 0.165. The Hall–Kier alpha value is -2.87. The molecule has 0 bridgehead atoms. The Balaban J connectivity index is 1.64. The lowest BCUT2D eigenvalue weighted by Crippen LogP contribution is -2.17. The molecule has 3 aromatic rings. The van der Waals surface area contributed by atoms with Crippen LogP contribution in [0.15, 0.2) is 29.2 Å². The van der Waals surface area contributed by atoms with Crippen LogP contribution in [0, 0.1) is 12.8 Å². The fourth-order valence-corrected chi connectivity index (χ4v) is 3.08. The molecule has 136 valence electrons. The molecule has 3 aromatic heterocycles. The highest BCUT2D eigenvalue weighted by molar-refractivity contribution is 5.85. The van der Waals surface area contributed by atoms with Gasteiger partial charge in [-0.3, -0.25) is 9.55 Å². The van der Waals surface area contributed by atoms with Crippen molar-refractivity contribution in [1.29, 1.82) is 0 Å². The monoisotopic (exact) mass is 355 g/mol. The number of rotatable bonds is 5. The van der Waals surface area contributed by atoms with E-state index in [4.69, 9.17) is 15.2 Å². The van der Waals surface area contributed by atoms with Gasteiger partial charge in [-0.25, -0.2) is 4.79 Å². The minimum Gasteiger partial charge on any atom is -0.477 e. The van der Waals surface area contributed by atoms with Crippen LogP contribution < -0.4 is 16.2 Å². The Morgan fingerprint density at radius 1 is 1.46 bits per heavy atom. The van der Waals surface area contributed by atoms with Crippen molar-refractivity contribution in [3.8, 4) is 5.88 Å². The zero-order valence-electron chi connectivity index (χ0n) is 14.6. The molecule has 0 amide bonds. The van der Waals surface area contributed by atoms with Gasteiger partial charge in [0.2, 0.25) is 5.88 Å². The third-order valence-electron chi connectivity index (χ3n) is 4.58. The molecule has 1 saturated heterocycles. The number of pyridine rings is 2. The van der Waals surface area contributed by atoms with Gasteiger partial charge < -0.3 is 20.2 Å². The van der Waals surface area contributed by atoms with Crippen molar-refractivity contribution in [2.75, 3.05) is 25.6 Å². The maximum absolute atomic E-state index is 12.4. The number of nitrogens with two attached hydrogens (primary N) is 1. The number of H-pyrrole nitrogens is 1. The fraction of sp³-hybridized carbons (Fsp3) is 0.389. The van der Waals surface area contributed by atoms with Crippen molar-refractivity contribution >= 4 is 16.9 Å². The van der Waals surface area contributed by atoms with Gasteiger partial charge >= 0.3 is 5.69 Å². The quantitative estimate of drug-likeness (QED) is 0.718. The van der Waals surface area contributed by atoms with Crippen LogP contribution in [-0.2, 0) is 11.3 Å². The SMILES string of the molecule is Cc1ccc(Cn2c(=O)[nH]c3c(N)nc(OC[C@H]4CCOC4)cc32)cn1. The number of aromatic amines is 1. The first-order valence-electron chi connectivity index (χ1n) is 8.61. The van der Waals surface area contributed by atoms with Gasteiger partial charge in [-0.1, -0.05) is 6.07 Å². The van der Waals surface area contributed by atoms with E-state index in [-0.39, 0.29) is 11.5 Å². The summed E-state index contributed by atoms with van der Waals surface area (Å²) < 4.78 is 12.8. The Morgan fingerprint density at radius 2 is 2.35 bits per heavy atom. The first kappa shape index (κ1) is 16.6. The summed E-state index contributed by atoms with van der Waals surface area (Å²) in [4.78, 5) is 23.7. The summed E-state index contributed by atoms with van der Waals surface area (Å²) in [6, 6.07) is 5.63. The van der Waals surface area contributed by atoms with Crippen LogP contribution in [0.4, 0.5) is 5.82 Å². The highest BCUT2D eigenvalue weighted by atomic mass is 16.5. The molecule has 8 heteroatoms. The summed E-state index contributed by atoms with van der Waals surface area (Å²) in [5.41, 5.74) is 8.83.